The highest BCUT2D eigenvalue weighted by Gasteiger charge is 2.17. The molecule has 1 fully saturated rings. The van der Waals surface area contributed by atoms with E-state index in [9.17, 15) is 4.79 Å². The zero-order valence-corrected chi connectivity index (χ0v) is 10.7. The largest absolute Gasteiger partial charge is 0.354 e. The van der Waals surface area contributed by atoms with E-state index in [-0.39, 0.29) is 5.91 Å². The van der Waals surface area contributed by atoms with Crippen LogP contribution in [0.2, 0.25) is 0 Å². The van der Waals surface area contributed by atoms with Gasteiger partial charge in [0.2, 0.25) is 5.91 Å². The summed E-state index contributed by atoms with van der Waals surface area (Å²) in [4.78, 5) is 24.0. The summed E-state index contributed by atoms with van der Waals surface area (Å²) < 4.78 is 0. The fourth-order valence-corrected chi connectivity index (χ4v) is 2.08. The van der Waals surface area contributed by atoms with E-state index in [0.717, 1.165) is 44.1 Å². The van der Waals surface area contributed by atoms with E-state index in [1.54, 1.807) is 19.3 Å². The van der Waals surface area contributed by atoms with Crippen LogP contribution in [0.15, 0.2) is 12.4 Å². The lowest BCUT2D eigenvalue weighted by molar-refractivity contribution is -0.128. The molecule has 1 aromatic heterocycles. The van der Waals surface area contributed by atoms with Gasteiger partial charge in [0.05, 0.1) is 18.1 Å². The van der Waals surface area contributed by atoms with Gasteiger partial charge in [0, 0.05) is 39.6 Å². The van der Waals surface area contributed by atoms with E-state index < -0.39 is 0 Å². The normalized spacial score (nSPS) is 16.6. The summed E-state index contributed by atoms with van der Waals surface area (Å²) in [7, 11) is 0. The lowest BCUT2D eigenvalue weighted by atomic mass is 10.4. The molecule has 1 aliphatic rings. The fraction of sp³-hybridized carbons (Fsp3) is 0.583. The van der Waals surface area contributed by atoms with Gasteiger partial charge in [-0.1, -0.05) is 0 Å². The molecule has 1 saturated heterocycles. The SMILES string of the molecule is CC(=O)N1CCCN(c2cnc(CN)cn2)CC1. The molecule has 6 nitrogen and oxygen atoms in total. The Labute approximate surface area is 107 Å². The van der Waals surface area contributed by atoms with Gasteiger partial charge in [-0.05, 0) is 6.42 Å². The van der Waals surface area contributed by atoms with Gasteiger partial charge in [0.15, 0.2) is 0 Å². The van der Waals surface area contributed by atoms with E-state index >= 15 is 0 Å². The number of carbonyl (C=O) groups is 1. The van der Waals surface area contributed by atoms with E-state index in [1.165, 1.54) is 0 Å². The first-order chi connectivity index (χ1) is 8.70. The van der Waals surface area contributed by atoms with Crippen LogP contribution in [-0.4, -0.2) is 47.0 Å². The molecule has 2 N–H and O–H groups in total. The molecule has 1 amide bonds. The number of rotatable bonds is 2. The minimum Gasteiger partial charge on any atom is -0.354 e. The standard InChI is InChI=1S/C12H19N5O/c1-10(18)16-3-2-4-17(6-5-16)12-9-14-11(7-13)8-15-12/h8-9H,2-7,13H2,1H3. The van der Waals surface area contributed by atoms with Crippen LogP contribution in [0, 0.1) is 0 Å². The maximum absolute atomic E-state index is 11.3. The first-order valence-corrected chi connectivity index (χ1v) is 6.22. The van der Waals surface area contributed by atoms with Gasteiger partial charge in [0.1, 0.15) is 5.82 Å². The Morgan fingerprint density at radius 1 is 1.28 bits per heavy atom. The first kappa shape index (κ1) is 12.8. The number of hydrogen-bond donors (Lipinski definition) is 1. The number of hydrogen-bond acceptors (Lipinski definition) is 5. The van der Waals surface area contributed by atoms with Gasteiger partial charge >= 0.3 is 0 Å². The van der Waals surface area contributed by atoms with Gasteiger partial charge < -0.3 is 15.5 Å². The predicted octanol–water partition coefficient (Wildman–Crippen LogP) is -0.00610. The summed E-state index contributed by atoms with van der Waals surface area (Å²) in [5.74, 6) is 0.999. The number of nitrogens with zero attached hydrogens (tertiary/aromatic N) is 4. The van der Waals surface area contributed by atoms with Crippen molar-refractivity contribution in [3.8, 4) is 0 Å². The third-order valence-corrected chi connectivity index (χ3v) is 3.17. The van der Waals surface area contributed by atoms with Crippen molar-refractivity contribution in [2.75, 3.05) is 31.1 Å². The topological polar surface area (TPSA) is 75.4 Å². The van der Waals surface area contributed by atoms with Crippen molar-refractivity contribution in [3.05, 3.63) is 18.1 Å². The van der Waals surface area contributed by atoms with Crippen molar-refractivity contribution >= 4 is 11.7 Å². The molecule has 0 radical (unpaired) electrons. The molecule has 0 unspecified atom stereocenters. The van der Waals surface area contributed by atoms with Gasteiger partial charge in [0.25, 0.3) is 0 Å². The van der Waals surface area contributed by atoms with Gasteiger partial charge in [-0.3, -0.25) is 9.78 Å². The molecule has 0 saturated carbocycles. The average Bonchev–Trinajstić information content (AvgIpc) is 2.64. The third-order valence-electron chi connectivity index (χ3n) is 3.17. The Hall–Kier alpha value is -1.69. The molecule has 2 rings (SSSR count). The van der Waals surface area contributed by atoms with Crippen molar-refractivity contribution in [1.29, 1.82) is 0 Å². The average molecular weight is 249 g/mol. The molecule has 0 aromatic carbocycles. The van der Waals surface area contributed by atoms with E-state index in [2.05, 4.69) is 14.9 Å². The predicted molar refractivity (Wildman–Crippen MR) is 69.0 cm³/mol. The molecule has 6 heteroatoms. The van der Waals surface area contributed by atoms with Crippen molar-refractivity contribution in [3.63, 3.8) is 0 Å². The second kappa shape index (κ2) is 5.77. The Bertz CT molecular complexity index is 405. The molecule has 0 aliphatic carbocycles. The van der Waals surface area contributed by atoms with Crippen molar-refractivity contribution in [2.24, 2.45) is 5.73 Å². The number of carbonyl (C=O) groups excluding carboxylic acids is 1. The van der Waals surface area contributed by atoms with Crippen LogP contribution in [-0.2, 0) is 11.3 Å². The number of anilines is 1. The molecule has 98 valence electrons. The highest BCUT2D eigenvalue weighted by atomic mass is 16.2. The smallest absolute Gasteiger partial charge is 0.219 e. The molecule has 0 bridgehead atoms. The van der Waals surface area contributed by atoms with E-state index in [1.807, 2.05) is 4.90 Å². The lowest BCUT2D eigenvalue weighted by Gasteiger charge is -2.21. The molecular weight excluding hydrogens is 230 g/mol. The quantitative estimate of drug-likeness (QED) is 0.798. The van der Waals surface area contributed by atoms with Gasteiger partial charge in [-0.25, -0.2) is 4.98 Å². The highest BCUT2D eigenvalue weighted by Crippen LogP contribution is 2.12. The Kier molecular flexibility index (Phi) is 4.09. The van der Waals surface area contributed by atoms with Crippen LogP contribution in [0.5, 0.6) is 0 Å². The molecule has 1 aliphatic heterocycles. The van der Waals surface area contributed by atoms with Crippen molar-refractivity contribution in [2.45, 2.75) is 19.9 Å². The van der Waals surface area contributed by atoms with Crippen LogP contribution in [0.4, 0.5) is 5.82 Å². The van der Waals surface area contributed by atoms with Gasteiger partial charge in [-0.15, -0.1) is 0 Å². The zero-order valence-electron chi connectivity index (χ0n) is 10.7. The minimum absolute atomic E-state index is 0.140. The summed E-state index contributed by atoms with van der Waals surface area (Å²) >= 11 is 0. The summed E-state index contributed by atoms with van der Waals surface area (Å²) in [6, 6.07) is 0. The summed E-state index contributed by atoms with van der Waals surface area (Å²) in [5.41, 5.74) is 6.29. The Morgan fingerprint density at radius 3 is 2.72 bits per heavy atom. The number of amides is 1. The molecule has 2 heterocycles. The molecule has 0 spiro atoms. The first-order valence-electron chi connectivity index (χ1n) is 6.22. The van der Waals surface area contributed by atoms with Crippen LogP contribution < -0.4 is 10.6 Å². The van der Waals surface area contributed by atoms with Crippen LogP contribution >= 0.6 is 0 Å². The number of nitrogens with two attached hydrogens (primary N) is 1. The third kappa shape index (κ3) is 2.95. The second-order valence-corrected chi connectivity index (χ2v) is 4.42. The van der Waals surface area contributed by atoms with Crippen LogP contribution in [0.3, 0.4) is 0 Å². The minimum atomic E-state index is 0.140. The van der Waals surface area contributed by atoms with Crippen molar-refractivity contribution < 1.29 is 4.79 Å². The summed E-state index contributed by atoms with van der Waals surface area (Å²) in [5, 5.41) is 0. The summed E-state index contributed by atoms with van der Waals surface area (Å²) in [6.07, 6.45) is 4.43. The van der Waals surface area contributed by atoms with E-state index in [0.29, 0.717) is 6.54 Å². The highest BCUT2D eigenvalue weighted by molar-refractivity contribution is 5.73. The molecule has 1 aromatic rings. The Balaban J connectivity index is 2.02. The van der Waals surface area contributed by atoms with Crippen molar-refractivity contribution in [1.82, 2.24) is 14.9 Å². The zero-order chi connectivity index (χ0) is 13.0. The second-order valence-electron chi connectivity index (χ2n) is 4.42. The van der Waals surface area contributed by atoms with Gasteiger partial charge in [-0.2, -0.15) is 0 Å². The maximum Gasteiger partial charge on any atom is 0.219 e. The fourth-order valence-electron chi connectivity index (χ4n) is 2.08. The maximum atomic E-state index is 11.3. The number of aromatic nitrogens is 2. The monoisotopic (exact) mass is 249 g/mol. The Morgan fingerprint density at radius 2 is 2.11 bits per heavy atom. The molecule has 18 heavy (non-hydrogen) atoms. The van der Waals surface area contributed by atoms with Crippen LogP contribution in [0.1, 0.15) is 19.0 Å². The van der Waals surface area contributed by atoms with Crippen LogP contribution in [0.25, 0.3) is 0 Å². The summed E-state index contributed by atoms with van der Waals surface area (Å²) in [6.45, 7) is 5.30. The van der Waals surface area contributed by atoms with E-state index in [4.69, 9.17) is 5.73 Å². The lowest BCUT2D eigenvalue weighted by Crippen LogP contribution is -2.33. The molecule has 0 atom stereocenters. The molecular formula is C12H19N5O.